The second-order valence-electron chi connectivity index (χ2n) is 11.5. The van der Waals surface area contributed by atoms with Gasteiger partial charge in [-0.2, -0.15) is 0 Å². The molecule has 0 bridgehead atoms. The Balaban J connectivity index is 2.52. The molecule has 1 unspecified atom stereocenters. The Hall–Kier alpha value is -1.15. The van der Waals surface area contributed by atoms with Crippen LogP contribution in [-0.2, 0) is 16.6 Å². The first-order valence-electron chi connectivity index (χ1n) is 11.7. The van der Waals surface area contributed by atoms with E-state index < -0.39 is 24.7 Å². The van der Waals surface area contributed by atoms with Gasteiger partial charge in [-0.25, -0.2) is 0 Å². The van der Waals surface area contributed by atoms with Gasteiger partial charge in [-0.3, -0.25) is 0 Å². The predicted molar refractivity (Wildman–Crippen MR) is 140 cm³/mol. The fraction of sp³-hybridized carbons (Fsp3) is 0.448. The second kappa shape index (κ2) is 8.01. The molecule has 0 N–H and O–H groups in total. The first-order chi connectivity index (χ1) is 14.1. The molecule has 2 heteroatoms. The molecule has 2 aromatic rings. The molecule has 0 spiro atoms. The molecule has 1 atom stereocenters. The summed E-state index contributed by atoms with van der Waals surface area (Å²) >= 11 is -2.15. The maximum atomic E-state index is 2.67. The standard InChI is InChI=1S/C26H33Si.3CH3.Ti/c1-17-10-18(2)13-24(12-17)27(9,25-14-19(3)11-20(4)15-25)26(8)16-21(5)22(6)23(26)7;;;;/h10-15H,1-9H3;3*1H3;. The van der Waals surface area contributed by atoms with Gasteiger partial charge < -0.3 is 0 Å². The van der Waals surface area contributed by atoms with E-state index >= 15 is 0 Å². The number of hydrogen-bond acceptors (Lipinski definition) is 0. The van der Waals surface area contributed by atoms with Gasteiger partial charge >= 0.3 is 197 Å². The molecule has 1 aliphatic rings. The molecule has 0 fully saturated rings. The van der Waals surface area contributed by atoms with Crippen LogP contribution < -0.4 is 10.4 Å². The number of hydrogen-bond donors (Lipinski definition) is 0. The SMILES string of the molecule is CC1=C(C)C(C)([Si](C)(c2cc(C)cc(C)c2)c2cc(C)cc(C)c2)[C]([Ti]([CH3])([CH3])[CH3])=C1C. The molecule has 0 aromatic heterocycles. The zero-order valence-corrected chi connectivity index (χ0v) is 24.5. The zero-order chi connectivity index (χ0) is 23.5. The van der Waals surface area contributed by atoms with E-state index in [4.69, 9.17) is 0 Å². The summed E-state index contributed by atoms with van der Waals surface area (Å²) < 4.78 is 1.83. The fourth-order valence-corrected chi connectivity index (χ4v) is 19.2. The second-order valence-corrected chi connectivity index (χ2v) is 23.7. The molecule has 0 saturated carbocycles. The molecular weight excluding hydrogens is 424 g/mol. The summed E-state index contributed by atoms with van der Waals surface area (Å²) in [7, 11) is -2.21. The maximum absolute atomic E-state index is 2.67. The molecule has 2 aromatic carbocycles. The first-order valence-corrected chi connectivity index (χ1v) is 19.7. The van der Waals surface area contributed by atoms with Crippen LogP contribution in [0, 0.1) is 27.7 Å². The van der Waals surface area contributed by atoms with Crippen molar-refractivity contribution in [1.82, 2.24) is 0 Å². The van der Waals surface area contributed by atoms with Crippen molar-refractivity contribution in [2.75, 3.05) is 0 Å². The average molecular weight is 467 g/mol. The summed E-state index contributed by atoms with van der Waals surface area (Å²) in [6.45, 7) is 21.6. The summed E-state index contributed by atoms with van der Waals surface area (Å²) in [6, 6.07) is 14.7. The van der Waals surface area contributed by atoms with E-state index in [0.717, 1.165) is 0 Å². The number of aryl methyl sites for hydroxylation is 4. The van der Waals surface area contributed by atoms with E-state index in [1.165, 1.54) is 22.3 Å². The molecule has 0 radical (unpaired) electrons. The van der Waals surface area contributed by atoms with Crippen molar-refractivity contribution in [2.45, 2.75) is 82.7 Å². The van der Waals surface area contributed by atoms with Crippen molar-refractivity contribution >= 4 is 18.4 Å². The van der Waals surface area contributed by atoms with Crippen molar-refractivity contribution in [3.63, 3.8) is 0 Å². The van der Waals surface area contributed by atoms with Crippen LogP contribution in [0.4, 0.5) is 0 Å². The summed E-state index contributed by atoms with van der Waals surface area (Å²) in [5.41, 5.74) is 10.3. The van der Waals surface area contributed by atoms with Crippen LogP contribution in [0.1, 0.15) is 49.9 Å². The zero-order valence-electron chi connectivity index (χ0n) is 22.0. The Kier molecular flexibility index (Phi) is 6.33. The Morgan fingerprint density at radius 1 is 0.613 bits per heavy atom. The van der Waals surface area contributed by atoms with Crippen molar-refractivity contribution in [3.05, 3.63) is 79.2 Å². The van der Waals surface area contributed by atoms with E-state index in [-0.39, 0.29) is 5.04 Å². The topological polar surface area (TPSA) is 0 Å². The Morgan fingerprint density at radius 2 is 0.968 bits per heavy atom. The minimum absolute atomic E-state index is 0.111. The normalized spacial score (nSPS) is 20.1. The molecule has 0 heterocycles. The molecule has 0 amide bonds. The molecule has 166 valence electrons. The molecule has 3 rings (SSSR count). The van der Waals surface area contributed by atoms with E-state index in [9.17, 15) is 0 Å². The van der Waals surface area contributed by atoms with Gasteiger partial charge in [0, 0.05) is 0 Å². The van der Waals surface area contributed by atoms with Crippen molar-refractivity contribution in [2.24, 2.45) is 0 Å². The van der Waals surface area contributed by atoms with Crippen molar-refractivity contribution < 1.29 is 16.6 Å². The first kappa shape index (κ1) is 24.5. The van der Waals surface area contributed by atoms with Crippen LogP contribution in [-0.4, -0.2) is 8.07 Å². The van der Waals surface area contributed by atoms with Gasteiger partial charge in [0.15, 0.2) is 0 Å². The number of allylic oxidation sites excluding steroid dienone is 4. The quantitative estimate of drug-likeness (QED) is 0.403. The Labute approximate surface area is 196 Å². The fourth-order valence-electron chi connectivity index (χ4n) is 6.61. The predicted octanol–water partition coefficient (Wildman–Crippen LogP) is 7.80. The van der Waals surface area contributed by atoms with Crippen LogP contribution in [0.5, 0.6) is 0 Å². The van der Waals surface area contributed by atoms with Gasteiger partial charge in [-0.05, 0) is 0 Å². The molecule has 0 saturated heterocycles. The molecular formula is C29H42SiTi. The molecule has 31 heavy (non-hydrogen) atoms. The summed E-state index contributed by atoms with van der Waals surface area (Å²) in [4.78, 5) is 0. The summed E-state index contributed by atoms with van der Waals surface area (Å²) in [6.07, 6.45) is 0. The van der Waals surface area contributed by atoms with Gasteiger partial charge in [0.1, 0.15) is 0 Å². The Morgan fingerprint density at radius 3 is 1.29 bits per heavy atom. The van der Waals surface area contributed by atoms with Crippen molar-refractivity contribution in [1.29, 1.82) is 0 Å². The van der Waals surface area contributed by atoms with Crippen molar-refractivity contribution in [3.8, 4) is 0 Å². The number of benzene rings is 2. The minimum atomic E-state index is -2.21. The van der Waals surface area contributed by atoms with Crippen LogP contribution in [0.15, 0.2) is 57.0 Å². The van der Waals surface area contributed by atoms with E-state index in [1.807, 2.05) is 3.88 Å². The van der Waals surface area contributed by atoms with Gasteiger partial charge in [-0.15, -0.1) is 0 Å². The molecule has 1 aliphatic carbocycles. The average Bonchev–Trinajstić information content (AvgIpc) is 2.80. The van der Waals surface area contributed by atoms with Gasteiger partial charge in [0.25, 0.3) is 0 Å². The summed E-state index contributed by atoms with van der Waals surface area (Å²) in [5.74, 6) is 0. The number of rotatable bonds is 4. The van der Waals surface area contributed by atoms with E-state index in [2.05, 4.69) is 114 Å². The van der Waals surface area contributed by atoms with Crippen LogP contribution in [0.25, 0.3) is 0 Å². The third-order valence-electron chi connectivity index (χ3n) is 8.10. The molecule has 0 nitrogen and oxygen atoms in total. The van der Waals surface area contributed by atoms with Gasteiger partial charge in [0.05, 0.1) is 0 Å². The van der Waals surface area contributed by atoms with Gasteiger partial charge in [0.2, 0.25) is 0 Å². The molecule has 0 aliphatic heterocycles. The third kappa shape index (κ3) is 3.81. The van der Waals surface area contributed by atoms with Crippen LogP contribution in [0.2, 0.25) is 27.3 Å². The van der Waals surface area contributed by atoms with Crippen LogP contribution in [0.3, 0.4) is 0 Å². The Bertz CT molecular complexity index is 1020. The van der Waals surface area contributed by atoms with E-state index in [1.54, 1.807) is 27.1 Å². The van der Waals surface area contributed by atoms with Gasteiger partial charge in [-0.1, -0.05) is 0 Å². The van der Waals surface area contributed by atoms with Crippen LogP contribution >= 0.6 is 0 Å². The third-order valence-corrected chi connectivity index (χ3v) is 17.7. The van der Waals surface area contributed by atoms with E-state index in [0.29, 0.717) is 0 Å². The monoisotopic (exact) mass is 466 g/mol. The summed E-state index contributed by atoms with van der Waals surface area (Å²) in [5, 5.41) is 11.1.